The van der Waals surface area contributed by atoms with Crippen molar-refractivity contribution >= 4 is 0 Å². The van der Waals surface area contributed by atoms with Gasteiger partial charge >= 0.3 is 0 Å². The summed E-state index contributed by atoms with van der Waals surface area (Å²) in [6.45, 7) is 50.4. The van der Waals surface area contributed by atoms with Crippen LogP contribution in [0, 0.1) is 21.7 Å². The lowest BCUT2D eigenvalue weighted by Gasteiger charge is -2.40. The second kappa shape index (κ2) is 15.0. The minimum atomic E-state index is -0.142. The van der Waals surface area contributed by atoms with Gasteiger partial charge in [0.25, 0.3) is 0 Å². The zero-order valence-corrected chi connectivity index (χ0v) is 38.8. The highest BCUT2D eigenvalue weighted by atomic mass is 16.6. The Bertz CT molecular complexity index is 1380. The van der Waals surface area contributed by atoms with E-state index in [0.717, 1.165) is 50.4 Å². The van der Waals surface area contributed by atoms with Crippen LogP contribution in [0.25, 0.3) is 11.1 Å². The predicted molar refractivity (Wildman–Crippen MR) is 231 cm³/mol. The summed E-state index contributed by atoms with van der Waals surface area (Å²) >= 11 is 0. The van der Waals surface area contributed by atoms with E-state index in [1.54, 1.807) is 0 Å². The summed E-state index contributed by atoms with van der Waals surface area (Å²) in [5.41, 5.74) is 7.68. The summed E-state index contributed by atoms with van der Waals surface area (Å²) in [5, 5.41) is 0. The maximum Gasteiger partial charge on any atom is 0.126 e. The second-order valence-electron chi connectivity index (χ2n) is 24.8. The highest BCUT2D eigenvalue weighted by Gasteiger charge is 2.40. The molecule has 306 valence electrons. The largest absolute Gasteiger partial charge is 0.490 e. The van der Waals surface area contributed by atoms with Gasteiger partial charge in [-0.05, 0) is 104 Å². The molecule has 2 aromatic carbocycles. The van der Waals surface area contributed by atoms with E-state index in [0.29, 0.717) is 13.2 Å². The van der Waals surface area contributed by atoms with Crippen LogP contribution >= 0.6 is 0 Å². The van der Waals surface area contributed by atoms with Gasteiger partial charge in [-0.15, -0.1) is 0 Å². The lowest BCUT2D eigenvalue weighted by Crippen LogP contribution is -2.30. The van der Waals surface area contributed by atoms with Crippen molar-refractivity contribution in [1.29, 1.82) is 0 Å². The van der Waals surface area contributed by atoms with Crippen LogP contribution < -0.4 is 9.47 Å². The molecule has 0 aromatic heterocycles. The number of epoxide rings is 2. The Morgan fingerprint density at radius 3 is 0.778 bits per heavy atom. The van der Waals surface area contributed by atoms with Gasteiger partial charge in [-0.2, -0.15) is 0 Å². The topological polar surface area (TPSA) is 43.5 Å². The number of hydrogen-bond acceptors (Lipinski definition) is 4. The molecule has 4 heteroatoms. The normalized spacial score (nSPS) is 18.9. The fourth-order valence-electron chi connectivity index (χ4n) is 10.3. The molecule has 0 N–H and O–H groups in total. The highest BCUT2D eigenvalue weighted by molar-refractivity contribution is 5.73. The first-order valence-electron chi connectivity index (χ1n) is 21.1. The minimum absolute atomic E-state index is 0.135. The van der Waals surface area contributed by atoms with Crippen molar-refractivity contribution in [3.63, 3.8) is 0 Å². The van der Waals surface area contributed by atoms with Gasteiger partial charge < -0.3 is 18.9 Å². The molecule has 2 heterocycles. The number of rotatable bonds is 15. The summed E-state index contributed by atoms with van der Waals surface area (Å²) in [4.78, 5) is 0. The average molecular weight is 747 g/mol. The molecule has 2 aromatic rings. The molecule has 0 saturated carbocycles. The molecule has 2 saturated heterocycles. The lowest BCUT2D eigenvalue weighted by molar-refractivity contribution is 0.231. The summed E-state index contributed by atoms with van der Waals surface area (Å²) in [6, 6.07) is 9.95. The molecule has 2 aliphatic rings. The lowest BCUT2D eigenvalue weighted by atomic mass is 9.66. The third-order valence-corrected chi connectivity index (χ3v) is 10.9. The van der Waals surface area contributed by atoms with E-state index in [2.05, 4.69) is 163 Å². The van der Waals surface area contributed by atoms with Crippen LogP contribution in [-0.2, 0) is 31.1 Å². The van der Waals surface area contributed by atoms with Crippen LogP contribution in [0.3, 0.4) is 0 Å². The van der Waals surface area contributed by atoms with E-state index in [1.807, 2.05) is 0 Å². The zero-order valence-electron chi connectivity index (χ0n) is 38.8. The monoisotopic (exact) mass is 747 g/mol. The van der Waals surface area contributed by atoms with Gasteiger partial charge in [0.1, 0.15) is 36.9 Å². The minimum Gasteiger partial charge on any atom is -0.490 e. The van der Waals surface area contributed by atoms with Crippen molar-refractivity contribution in [1.82, 2.24) is 0 Å². The van der Waals surface area contributed by atoms with Gasteiger partial charge in [0.2, 0.25) is 0 Å². The van der Waals surface area contributed by atoms with E-state index in [4.69, 9.17) is 18.9 Å². The number of ether oxygens (including phenoxy) is 4. The molecule has 54 heavy (non-hydrogen) atoms. The maximum atomic E-state index is 6.97. The van der Waals surface area contributed by atoms with Crippen LogP contribution in [-0.4, -0.2) is 38.6 Å². The van der Waals surface area contributed by atoms with Gasteiger partial charge in [0, 0.05) is 22.3 Å². The van der Waals surface area contributed by atoms with E-state index in [-0.39, 0.29) is 55.5 Å². The van der Waals surface area contributed by atoms with Crippen molar-refractivity contribution < 1.29 is 18.9 Å². The Labute approximate surface area is 333 Å². The van der Waals surface area contributed by atoms with Gasteiger partial charge in [0.15, 0.2) is 0 Å². The summed E-state index contributed by atoms with van der Waals surface area (Å²) in [6.07, 6.45) is 4.47. The molecular formula is C50H82O4. The van der Waals surface area contributed by atoms with Crippen LogP contribution in [0.4, 0.5) is 0 Å². The fraction of sp³-hybridized carbons (Fsp3) is 0.760. The zero-order chi connectivity index (χ0) is 41.1. The summed E-state index contributed by atoms with van der Waals surface area (Å²) < 4.78 is 25.3. The molecule has 4 nitrogen and oxygen atoms in total. The molecule has 2 atom stereocenters. The second-order valence-corrected chi connectivity index (χ2v) is 24.8. The highest BCUT2D eigenvalue weighted by Crippen LogP contribution is 2.52. The van der Waals surface area contributed by atoms with Crippen molar-refractivity contribution in [2.24, 2.45) is 21.7 Å². The standard InChI is InChI=1S/C50H82O4/c1-43(2,3)29-47(13,14)37-21-33(22-38(41(37)53-27-35-25-51-35)48(15,16)30-44(4,5)6)34-23-39(49(17,18)31-45(7,8)9)42(54-28-36-26-52-36)40(24-34)50(19,20)32-46(10,11)12/h21-24,35-36H,25-32H2,1-20H3. The van der Waals surface area contributed by atoms with E-state index >= 15 is 0 Å². The first-order chi connectivity index (χ1) is 24.2. The van der Waals surface area contributed by atoms with Crippen LogP contribution in [0.15, 0.2) is 24.3 Å². The molecule has 0 amide bonds. The first kappa shape index (κ1) is 44.7. The fourth-order valence-corrected chi connectivity index (χ4v) is 10.3. The Balaban J connectivity index is 2.14. The van der Waals surface area contributed by atoms with Gasteiger partial charge in [0.05, 0.1) is 13.2 Å². The Morgan fingerprint density at radius 1 is 0.407 bits per heavy atom. The quantitative estimate of drug-likeness (QED) is 0.170. The smallest absolute Gasteiger partial charge is 0.126 e. The number of hydrogen-bond donors (Lipinski definition) is 0. The molecule has 0 radical (unpaired) electrons. The van der Waals surface area contributed by atoms with E-state index in [9.17, 15) is 0 Å². The molecule has 0 aliphatic carbocycles. The molecule has 2 aliphatic heterocycles. The molecule has 0 spiro atoms. The summed E-state index contributed by atoms with van der Waals surface area (Å²) in [7, 11) is 0. The Hall–Kier alpha value is -2.04. The molecule has 0 bridgehead atoms. The Morgan fingerprint density at radius 2 is 0.611 bits per heavy atom. The van der Waals surface area contributed by atoms with Crippen LogP contribution in [0.2, 0.25) is 0 Å². The van der Waals surface area contributed by atoms with Gasteiger partial charge in [-0.3, -0.25) is 0 Å². The third kappa shape index (κ3) is 12.5. The summed E-state index contributed by atoms with van der Waals surface area (Å²) in [5.74, 6) is 2.12. The van der Waals surface area contributed by atoms with E-state index in [1.165, 1.54) is 33.4 Å². The average Bonchev–Trinajstić information content (AvgIpc) is 3.84. The molecule has 4 rings (SSSR count). The van der Waals surface area contributed by atoms with Crippen molar-refractivity contribution in [3.05, 3.63) is 46.5 Å². The van der Waals surface area contributed by atoms with Crippen molar-refractivity contribution in [3.8, 4) is 22.6 Å². The number of benzene rings is 2. The Kier molecular flexibility index (Phi) is 12.4. The van der Waals surface area contributed by atoms with Crippen LogP contribution in [0.1, 0.15) is 186 Å². The van der Waals surface area contributed by atoms with Crippen molar-refractivity contribution in [2.75, 3.05) is 26.4 Å². The predicted octanol–water partition coefficient (Wildman–Crippen LogP) is 13.8. The third-order valence-electron chi connectivity index (χ3n) is 10.9. The molecular weight excluding hydrogens is 665 g/mol. The van der Waals surface area contributed by atoms with Gasteiger partial charge in [-0.1, -0.05) is 138 Å². The van der Waals surface area contributed by atoms with Crippen molar-refractivity contribution in [2.45, 2.75) is 198 Å². The molecule has 2 unspecified atom stereocenters. The van der Waals surface area contributed by atoms with Gasteiger partial charge in [-0.25, -0.2) is 0 Å². The van der Waals surface area contributed by atoms with Crippen LogP contribution in [0.5, 0.6) is 11.5 Å². The first-order valence-corrected chi connectivity index (χ1v) is 21.1. The molecule has 2 fully saturated rings. The van der Waals surface area contributed by atoms with E-state index < -0.39 is 0 Å². The SMILES string of the molecule is CC(C)(C)CC(C)(C)c1cc(-c2cc(C(C)(C)CC(C)(C)C)c(OCC3CO3)c(C(C)(C)CC(C)(C)C)c2)cc(C(C)(C)CC(C)(C)C)c1OCC1CO1. The maximum absolute atomic E-state index is 6.97.